The standard InChI is InChI=1S/C22H23F3N2O5.ClH/c1-28-18-8-14(19(29-2)21-20(18)30-12-31-21)7-17-9-16(27-32-17)11-26-10-13-4-3-5-15(6-13)22(23,24)25;/h3-6,8,17,26H,7,9-12H2,1-2H3;1H. The van der Waals surface area contributed by atoms with Gasteiger partial charge < -0.3 is 29.1 Å². The van der Waals surface area contributed by atoms with Crippen LogP contribution in [0.3, 0.4) is 0 Å². The first-order valence-electron chi connectivity index (χ1n) is 10.0. The van der Waals surface area contributed by atoms with Gasteiger partial charge >= 0.3 is 6.18 Å². The highest BCUT2D eigenvalue weighted by Gasteiger charge is 2.31. The Kier molecular flexibility index (Phi) is 7.80. The van der Waals surface area contributed by atoms with Gasteiger partial charge in [-0.1, -0.05) is 23.4 Å². The topological polar surface area (TPSA) is 70.5 Å². The molecular weight excluding hydrogens is 465 g/mol. The largest absolute Gasteiger partial charge is 0.493 e. The average Bonchev–Trinajstić information content (AvgIpc) is 3.43. The quantitative estimate of drug-likeness (QED) is 0.596. The molecule has 0 aromatic heterocycles. The molecule has 0 saturated carbocycles. The molecule has 0 spiro atoms. The van der Waals surface area contributed by atoms with Crippen LogP contribution in [0.4, 0.5) is 13.2 Å². The average molecular weight is 489 g/mol. The molecule has 180 valence electrons. The molecule has 0 fully saturated rings. The Morgan fingerprint density at radius 1 is 1.09 bits per heavy atom. The van der Waals surface area contributed by atoms with Gasteiger partial charge in [-0.2, -0.15) is 13.2 Å². The van der Waals surface area contributed by atoms with Crippen molar-refractivity contribution in [3.63, 3.8) is 0 Å². The summed E-state index contributed by atoms with van der Waals surface area (Å²) >= 11 is 0. The predicted octanol–water partition coefficient (Wildman–Crippen LogP) is 4.35. The van der Waals surface area contributed by atoms with Crippen molar-refractivity contribution in [2.45, 2.75) is 31.7 Å². The molecule has 2 aliphatic heterocycles. The lowest BCUT2D eigenvalue weighted by atomic mass is 10.0. The molecule has 0 bridgehead atoms. The van der Waals surface area contributed by atoms with Gasteiger partial charge in [-0.3, -0.25) is 0 Å². The zero-order valence-electron chi connectivity index (χ0n) is 18.0. The molecule has 2 aromatic rings. The Morgan fingerprint density at radius 2 is 1.88 bits per heavy atom. The second-order valence-corrected chi connectivity index (χ2v) is 7.43. The van der Waals surface area contributed by atoms with E-state index in [4.69, 9.17) is 23.8 Å². The summed E-state index contributed by atoms with van der Waals surface area (Å²) in [6.07, 6.45) is -3.48. The van der Waals surface area contributed by atoms with Crippen molar-refractivity contribution in [1.29, 1.82) is 0 Å². The van der Waals surface area contributed by atoms with Crippen LogP contribution < -0.4 is 24.3 Å². The van der Waals surface area contributed by atoms with Gasteiger partial charge in [0.05, 0.1) is 25.5 Å². The number of ether oxygens (including phenoxy) is 4. The molecule has 4 rings (SSSR count). The van der Waals surface area contributed by atoms with E-state index in [1.54, 1.807) is 20.3 Å². The number of methoxy groups -OCH3 is 2. The SMILES string of the molecule is COc1cc(CC2CC(CNCc3cccc(C(F)(F)F)c3)=NO2)c(OC)c2c1OCO2.Cl. The van der Waals surface area contributed by atoms with Crippen LogP contribution >= 0.6 is 12.4 Å². The summed E-state index contributed by atoms with van der Waals surface area (Å²) in [4.78, 5) is 5.56. The number of fused-ring (bicyclic) bond motifs is 1. The third-order valence-corrected chi connectivity index (χ3v) is 5.22. The van der Waals surface area contributed by atoms with E-state index in [9.17, 15) is 13.2 Å². The molecule has 7 nitrogen and oxygen atoms in total. The molecular formula is C22H24ClF3N2O5. The van der Waals surface area contributed by atoms with Crippen LogP contribution in [-0.2, 0) is 24.0 Å². The van der Waals surface area contributed by atoms with Crippen molar-refractivity contribution in [3.05, 3.63) is 47.0 Å². The highest BCUT2D eigenvalue weighted by molar-refractivity contribution is 5.87. The monoisotopic (exact) mass is 488 g/mol. The summed E-state index contributed by atoms with van der Waals surface area (Å²) in [5.41, 5.74) is 1.51. The fourth-order valence-electron chi connectivity index (χ4n) is 3.75. The maximum absolute atomic E-state index is 12.8. The Hall–Kier alpha value is -2.85. The molecule has 0 aliphatic carbocycles. The Labute approximate surface area is 195 Å². The molecule has 11 heteroatoms. The predicted molar refractivity (Wildman–Crippen MR) is 117 cm³/mol. The number of alkyl halides is 3. The number of hydrogen-bond donors (Lipinski definition) is 1. The number of nitrogens with one attached hydrogen (secondary N) is 1. The van der Waals surface area contributed by atoms with Crippen molar-refractivity contribution in [2.75, 3.05) is 27.6 Å². The van der Waals surface area contributed by atoms with Gasteiger partial charge in [0.2, 0.25) is 18.3 Å². The van der Waals surface area contributed by atoms with Crippen molar-refractivity contribution >= 4 is 18.1 Å². The minimum absolute atomic E-state index is 0. The molecule has 1 unspecified atom stereocenters. The molecule has 1 atom stereocenters. The maximum Gasteiger partial charge on any atom is 0.416 e. The fraction of sp³-hybridized carbons (Fsp3) is 0.409. The number of hydrogen-bond acceptors (Lipinski definition) is 7. The summed E-state index contributed by atoms with van der Waals surface area (Å²) in [6.45, 7) is 0.797. The van der Waals surface area contributed by atoms with Gasteiger partial charge in [-0.25, -0.2) is 0 Å². The van der Waals surface area contributed by atoms with E-state index < -0.39 is 11.7 Å². The van der Waals surface area contributed by atoms with Crippen molar-refractivity contribution in [3.8, 4) is 23.0 Å². The smallest absolute Gasteiger partial charge is 0.416 e. The lowest BCUT2D eigenvalue weighted by Crippen LogP contribution is -2.23. The van der Waals surface area contributed by atoms with Gasteiger partial charge in [0, 0.05) is 31.5 Å². The van der Waals surface area contributed by atoms with Crippen molar-refractivity contribution in [2.24, 2.45) is 5.16 Å². The van der Waals surface area contributed by atoms with Gasteiger partial charge in [0.25, 0.3) is 0 Å². The summed E-state index contributed by atoms with van der Waals surface area (Å²) in [7, 11) is 3.11. The summed E-state index contributed by atoms with van der Waals surface area (Å²) in [5.74, 6) is 2.13. The molecule has 0 radical (unpaired) electrons. The Morgan fingerprint density at radius 3 is 2.61 bits per heavy atom. The first-order chi connectivity index (χ1) is 15.4. The normalized spacial score (nSPS) is 16.6. The van der Waals surface area contributed by atoms with Crippen LogP contribution in [0, 0.1) is 0 Å². The van der Waals surface area contributed by atoms with Gasteiger partial charge in [-0.15, -0.1) is 12.4 Å². The van der Waals surface area contributed by atoms with Crippen LogP contribution in [0.1, 0.15) is 23.1 Å². The van der Waals surface area contributed by atoms with E-state index in [-0.39, 0.29) is 25.3 Å². The second-order valence-electron chi connectivity index (χ2n) is 7.43. The maximum atomic E-state index is 12.8. The molecule has 0 amide bonds. The lowest BCUT2D eigenvalue weighted by Gasteiger charge is -2.15. The molecule has 1 N–H and O–H groups in total. The first kappa shape index (κ1) is 24.8. The van der Waals surface area contributed by atoms with Gasteiger partial charge in [0.15, 0.2) is 11.5 Å². The summed E-state index contributed by atoms with van der Waals surface area (Å²) in [6, 6.07) is 7.08. The van der Waals surface area contributed by atoms with E-state index in [1.165, 1.54) is 6.07 Å². The molecule has 2 heterocycles. The third kappa shape index (κ3) is 5.56. The number of halogens is 4. The highest BCUT2D eigenvalue weighted by Crippen LogP contribution is 2.50. The zero-order chi connectivity index (χ0) is 22.7. The molecule has 2 aromatic carbocycles. The zero-order valence-corrected chi connectivity index (χ0v) is 18.8. The number of oxime groups is 1. The van der Waals surface area contributed by atoms with Gasteiger partial charge in [-0.05, 0) is 17.7 Å². The Balaban J connectivity index is 0.00000306. The van der Waals surface area contributed by atoms with Crippen LogP contribution in [0.25, 0.3) is 0 Å². The summed E-state index contributed by atoms with van der Waals surface area (Å²) in [5, 5.41) is 7.24. The molecule has 0 saturated heterocycles. The van der Waals surface area contributed by atoms with E-state index in [2.05, 4.69) is 10.5 Å². The second kappa shape index (κ2) is 10.4. The molecule has 2 aliphatic rings. The van der Waals surface area contributed by atoms with Crippen LogP contribution in [0.2, 0.25) is 0 Å². The number of rotatable bonds is 8. The highest BCUT2D eigenvalue weighted by atomic mass is 35.5. The minimum Gasteiger partial charge on any atom is -0.493 e. The van der Waals surface area contributed by atoms with Crippen LogP contribution in [0.5, 0.6) is 23.0 Å². The van der Waals surface area contributed by atoms with Gasteiger partial charge in [0.1, 0.15) is 6.10 Å². The van der Waals surface area contributed by atoms with Crippen LogP contribution in [-0.4, -0.2) is 39.4 Å². The Bertz CT molecular complexity index is 1020. The third-order valence-electron chi connectivity index (χ3n) is 5.22. The fourth-order valence-corrected chi connectivity index (χ4v) is 3.75. The first-order valence-corrected chi connectivity index (χ1v) is 10.0. The van der Waals surface area contributed by atoms with Crippen molar-refractivity contribution < 1.29 is 37.0 Å². The van der Waals surface area contributed by atoms with E-state index >= 15 is 0 Å². The summed E-state index contributed by atoms with van der Waals surface area (Å²) < 4.78 is 60.5. The van der Waals surface area contributed by atoms with Crippen LogP contribution in [0.15, 0.2) is 35.5 Å². The van der Waals surface area contributed by atoms with E-state index in [0.717, 1.165) is 23.4 Å². The van der Waals surface area contributed by atoms with E-state index in [1.807, 2.05) is 6.07 Å². The van der Waals surface area contributed by atoms with Crippen molar-refractivity contribution in [1.82, 2.24) is 5.32 Å². The molecule has 33 heavy (non-hydrogen) atoms. The number of benzene rings is 2. The lowest BCUT2D eigenvalue weighted by molar-refractivity contribution is -0.137. The number of nitrogens with zero attached hydrogens (tertiary/aromatic N) is 1. The minimum atomic E-state index is -4.36. The van der Waals surface area contributed by atoms with E-state index in [0.29, 0.717) is 54.5 Å².